The summed E-state index contributed by atoms with van der Waals surface area (Å²) in [7, 11) is 0.868. The molecule has 0 saturated heterocycles. The van der Waals surface area contributed by atoms with Gasteiger partial charge in [0.05, 0.1) is 13.2 Å². The quantitative estimate of drug-likeness (QED) is 0.113. The van der Waals surface area contributed by atoms with E-state index in [1.807, 2.05) is 35.2 Å². The van der Waals surface area contributed by atoms with Crippen molar-refractivity contribution in [3.63, 3.8) is 0 Å². The zero-order valence-corrected chi connectivity index (χ0v) is 28.0. The summed E-state index contributed by atoms with van der Waals surface area (Å²) < 4.78 is 16.8. The van der Waals surface area contributed by atoms with Gasteiger partial charge in [-0.05, 0) is 48.4 Å². The van der Waals surface area contributed by atoms with Gasteiger partial charge in [0, 0.05) is 62.9 Å². The Bertz CT molecular complexity index is 1240. The molecule has 8 nitrogen and oxygen atoms in total. The number of amides is 3. The first-order valence-electron chi connectivity index (χ1n) is 15.2. The zero-order chi connectivity index (χ0) is 30.9. The van der Waals surface area contributed by atoms with E-state index in [2.05, 4.69) is 28.8 Å². The highest BCUT2D eigenvalue weighted by atomic mass is 33.1. The molecule has 0 bridgehead atoms. The normalized spacial score (nSPS) is 12.9. The number of para-hydroxylation sites is 1. The van der Waals surface area contributed by atoms with Gasteiger partial charge in [0.15, 0.2) is 7.37 Å². The Morgan fingerprint density at radius 2 is 1.40 bits per heavy atom. The van der Waals surface area contributed by atoms with Crippen molar-refractivity contribution in [3.05, 3.63) is 65.2 Å². The molecule has 0 spiro atoms. The first-order valence-corrected chi connectivity index (χ1v) is 20.2. The van der Waals surface area contributed by atoms with Gasteiger partial charge in [0.25, 0.3) is 0 Å². The van der Waals surface area contributed by atoms with E-state index in [9.17, 15) is 18.9 Å². The summed E-state index contributed by atoms with van der Waals surface area (Å²) in [5, 5.41) is 5.87. The smallest absolute Gasteiger partial charge is 0.227 e. The minimum absolute atomic E-state index is 0.0434. The highest BCUT2D eigenvalue weighted by Gasteiger charge is 2.23. The molecule has 1 aliphatic rings. The van der Waals surface area contributed by atoms with E-state index in [1.165, 1.54) is 5.56 Å². The lowest BCUT2D eigenvalue weighted by atomic mass is 9.95. The van der Waals surface area contributed by atoms with Crippen molar-refractivity contribution in [2.75, 3.05) is 49.4 Å². The third kappa shape index (κ3) is 13.9. The molecule has 0 atom stereocenters. The van der Waals surface area contributed by atoms with E-state index in [1.54, 1.807) is 34.9 Å². The van der Waals surface area contributed by atoms with Crippen molar-refractivity contribution in [1.82, 2.24) is 10.6 Å². The Morgan fingerprint density at radius 3 is 2.19 bits per heavy atom. The molecule has 1 aliphatic heterocycles. The third-order valence-electron chi connectivity index (χ3n) is 7.06. The van der Waals surface area contributed by atoms with Gasteiger partial charge in [0.1, 0.15) is 0 Å². The average Bonchev–Trinajstić information content (AvgIpc) is 2.97. The maximum absolute atomic E-state index is 13.3. The number of fused-ring (bicyclic) bond motifs is 2. The summed E-state index contributed by atoms with van der Waals surface area (Å²) in [6.07, 6.45) is 6.42. The van der Waals surface area contributed by atoms with Gasteiger partial charge in [-0.1, -0.05) is 76.9 Å². The van der Waals surface area contributed by atoms with Crippen molar-refractivity contribution in [1.29, 1.82) is 0 Å². The summed E-state index contributed by atoms with van der Waals surface area (Å²) in [6.45, 7) is 5.48. The summed E-state index contributed by atoms with van der Waals surface area (Å²) >= 11 is 0. The van der Waals surface area contributed by atoms with Crippen LogP contribution < -0.4 is 15.5 Å². The molecule has 0 saturated carbocycles. The number of benzene rings is 2. The lowest BCUT2D eigenvalue weighted by molar-refractivity contribution is -0.125. The molecule has 3 rings (SSSR count). The highest BCUT2D eigenvalue weighted by Crippen LogP contribution is 2.37. The summed E-state index contributed by atoms with van der Waals surface area (Å²) in [4.78, 5) is 39.6. The third-order valence-corrected chi connectivity index (χ3v) is 10.3. The Labute approximate surface area is 264 Å². The fourth-order valence-electron chi connectivity index (χ4n) is 4.80. The number of carbonyl (C=O) groups excluding carboxylic acids is 3. The van der Waals surface area contributed by atoms with Crippen LogP contribution in [-0.4, -0.2) is 62.3 Å². The fourth-order valence-corrected chi connectivity index (χ4v) is 7.26. The molecule has 2 N–H and O–H groups in total. The van der Waals surface area contributed by atoms with E-state index >= 15 is 0 Å². The second-order valence-corrected chi connectivity index (χ2v) is 16.4. The number of hydrogen-bond donors (Lipinski definition) is 2. The number of carbonyl (C=O) groups is 3. The van der Waals surface area contributed by atoms with Gasteiger partial charge < -0.3 is 20.1 Å². The van der Waals surface area contributed by atoms with Crippen LogP contribution in [0.2, 0.25) is 0 Å². The van der Waals surface area contributed by atoms with Gasteiger partial charge in [-0.25, -0.2) is 0 Å². The van der Waals surface area contributed by atoms with Crippen LogP contribution in [0.3, 0.4) is 0 Å². The predicted molar refractivity (Wildman–Crippen MR) is 180 cm³/mol. The lowest BCUT2D eigenvalue weighted by Gasteiger charge is -2.29. The summed E-state index contributed by atoms with van der Waals surface area (Å²) in [6, 6.07) is 16.3. The van der Waals surface area contributed by atoms with Crippen molar-refractivity contribution in [2.45, 2.75) is 64.3 Å². The van der Waals surface area contributed by atoms with Crippen molar-refractivity contribution in [2.24, 2.45) is 0 Å². The molecule has 0 aliphatic carbocycles. The summed E-state index contributed by atoms with van der Waals surface area (Å²) in [5.41, 5.74) is 4.51. The van der Waals surface area contributed by atoms with Crippen LogP contribution in [0, 0.1) is 0 Å². The SMILES string of the molecule is CP(C)(=O)OCCCCCCNC(=O)CCSSCCNC(=O)CCC(=O)N1Cc2ccccc2CCc2ccccc21. The van der Waals surface area contributed by atoms with Crippen LogP contribution in [0.15, 0.2) is 48.5 Å². The average molecular weight is 648 g/mol. The maximum Gasteiger partial charge on any atom is 0.227 e. The van der Waals surface area contributed by atoms with Gasteiger partial charge >= 0.3 is 0 Å². The molecule has 11 heteroatoms. The van der Waals surface area contributed by atoms with E-state index < -0.39 is 7.37 Å². The Balaban J connectivity index is 1.23. The number of hydrogen-bond acceptors (Lipinski definition) is 7. The van der Waals surface area contributed by atoms with Gasteiger partial charge in [-0.2, -0.15) is 0 Å². The lowest BCUT2D eigenvalue weighted by Crippen LogP contribution is -2.34. The first kappa shape index (κ1) is 35.2. The first-order chi connectivity index (χ1) is 20.7. The summed E-state index contributed by atoms with van der Waals surface area (Å²) in [5.74, 6) is 1.33. The topological polar surface area (TPSA) is 105 Å². The molecule has 1 heterocycles. The largest absolute Gasteiger partial charge is 0.356 e. The van der Waals surface area contributed by atoms with E-state index in [4.69, 9.17) is 4.52 Å². The van der Waals surface area contributed by atoms with Gasteiger partial charge in [-0.3, -0.25) is 18.9 Å². The number of rotatable bonds is 18. The number of aryl methyl sites for hydroxylation is 2. The molecule has 0 radical (unpaired) electrons. The highest BCUT2D eigenvalue weighted by molar-refractivity contribution is 8.76. The monoisotopic (exact) mass is 647 g/mol. The second-order valence-electron chi connectivity index (χ2n) is 11.0. The second kappa shape index (κ2) is 19.2. The molecule has 0 unspecified atom stereocenters. The molecule has 0 fully saturated rings. The zero-order valence-electron chi connectivity index (χ0n) is 25.5. The molecule has 43 heavy (non-hydrogen) atoms. The molecule has 3 amide bonds. The molecule has 2 aromatic rings. The van der Waals surface area contributed by atoms with Crippen LogP contribution in [0.1, 0.15) is 61.6 Å². The standard InChI is InChI=1S/C32H46N3O5PS2/c1-41(2,39)40-22-10-4-3-9-20-33-31(37)19-23-42-43-24-21-34-30(36)17-18-32(38)35-25-28-13-6-5-11-26(28)15-16-27-12-7-8-14-29(27)35/h5-8,11-14H,3-4,9-10,15-25H2,1-2H3,(H,33,37)(H,34,36). The van der Waals surface area contributed by atoms with Crippen LogP contribution in [0.25, 0.3) is 0 Å². The van der Waals surface area contributed by atoms with Crippen molar-refractivity contribution in [3.8, 4) is 0 Å². The Hall–Kier alpha value is -2.26. The molecular weight excluding hydrogens is 601 g/mol. The molecule has 236 valence electrons. The van der Waals surface area contributed by atoms with E-state index in [-0.39, 0.29) is 30.6 Å². The molecular formula is C32H46N3O5PS2. The van der Waals surface area contributed by atoms with Gasteiger partial charge in [-0.15, -0.1) is 0 Å². The van der Waals surface area contributed by atoms with E-state index in [0.717, 1.165) is 61.1 Å². The van der Waals surface area contributed by atoms with Crippen LogP contribution >= 0.6 is 29.0 Å². The number of nitrogens with one attached hydrogen (secondary N) is 2. The van der Waals surface area contributed by atoms with Crippen LogP contribution in [0.5, 0.6) is 0 Å². The van der Waals surface area contributed by atoms with Crippen LogP contribution in [0.4, 0.5) is 5.69 Å². The minimum Gasteiger partial charge on any atom is -0.356 e. The minimum atomic E-state index is -2.39. The number of unbranched alkanes of at least 4 members (excludes halogenated alkanes) is 3. The molecule has 0 aromatic heterocycles. The fraction of sp³-hybridized carbons (Fsp3) is 0.531. The Morgan fingerprint density at radius 1 is 0.767 bits per heavy atom. The van der Waals surface area contributed by atoms with Crippen molar-refractivity contribution >= 4 is 52.4 Å². The van der Waals surface area contributed by atoms with Crippen molar-refractivity contribution < 1.29 is 23.5 Å². The number of nitrogens with zero attached hydrogens (tertiary/aromatic N) is 1. The maximum atomic E-state index is 13.3. The van der Waals surface area contributed by atoms with Crippen LogP contribution in [-0.2, 0) is 42.9 Å². The van der Waals surface area contributed by atoms with Gasteiger partial charge in [0.2, 0.25) is 17.7 Å². The Kier molecular flexibility index (Phi) is 15.7. The number of anilines is 1. The molecule has 2 aromatic carbocycles. The predicted octanol–water partition coefficient (Wildman–Crippen LogP) is 6.22. The van der Waals surface area contributed by atoms with E-state index in [0.29, 0.717) is 38.4 Å².